The van der Waals surface area contributed by atoms with Crippen molar-refractivity contribution in [3.05, 3.63) is 0 Å². The topological polar surface area (TPSA) is 27.6 Å². The van der Waals surface area contributed by atoms with Crippen LogP contribution in [0.4, 0.5) is 0 Å². The third kappa shape index (κ3) is 3.21. The van der Waals surface area contributed by atoms with Crippen LogP contribution in [0.3, 0.4) is 0 Å². The zero-order valence-electron chi connectivity index (χ0n) is 10.5. The fourth-order valence-corrected chi connectivity index (χ4v) is 2.80. The van der Waals surface area contributed by atoms with Gasteiger partial charge in [0.15, 0.2) is 0 Å². The summed E-state index contributed by atoms with van der Waals surface area (Å²) in [5.41, 5.74) is 0. The minimum atomic E-state index is 0.746. The van der Waals surface area contributed by atoms with E-state index in [4.69, 9.17) is 0 Å². The fraction of sp³-hybridized carbons (Fsp3) is 0.923. The molecule has 1 N–H and O–H groups in total. The van der Waals surface area contributed by atoms with Crippen molar-refractivity contribution in [1.82, 2.24) is 10.2 Å². The highest BCUT2D eigenvalue weighted by molar-refractivity contribution is 5.82. The smallest absolute Gasteiger partial charge is 0.0963 e. The lowest BCUT2D eigenvalue weighted by molar-refractivity contribution is 0.267. The lowest BCUT2D eigenvalue weighted by Gasteiger charge is -2.23. The van der Waals surface area contributed by atoms with Crippen LogP contribution in [0.15, 0.2) is 4.99 Å². The van der Waals surface area contributed by atoms with Gasteiger partial charge in [-0.3, -0.25) is 9.89 Å². The number of hydrogen-bond donors (Lipinski definition) is 1. The molecule has 0 aliphatic carbocycles. The number of hydrogen-bond acceptors (Lipinski definition) is 3. The molecule has 1 fully saturated rings. The largest absolute Gasteiger partial charge is 0.372 e. The molecule has 1 atom stereocenters. The molecule has 0 aromatic rings. The van der Waals surface area contributed by atoms with Crippen molar-refractivity contribution < 1.29 is 0 Å². The average Bonchev–Trinajstić information content (AvgIpc) is 2.60. The first-order valence-corrected chi connectivity index (χ1v) is 6.91. The maximum absolute atomic E-state index is 4.62. The van der Waals surface area contributed by atoms with E-state index in [0.29, 0.717) is 0 Å². The van der Waals surface area contributed by atoms with Gasteiger partial charge in [0.25, 0.3) is 0 Å². The van der Waals surface area contributed by atoms with Crippen molar-refractivity contribution >= 4 is 5.84 Å². The third-order valence-electron chi connectivity index (χ3n) is 3.82. The van der Waals surface area contributed by atoms with Gasteiger partial charge in [-0.05, 0) is 38.8 Å². The molecule has 2 rings (SSSR count). The van der Waals surface area contributed by atoms with Gasteiger partial charge in [-0.15, -0.1) is 0 Å². The minimum absolute atomic E-state index is 0.746. The lowest BCUT2D eigenvalue weighted by Crippen LogP contribution is -2.40. The summed E-state index contributed by atoms with van der Waals surface area (Å²) in [4.78, 5) is 7.21. The summed E-state index contributed by atoms with van der Waals surface area (Å²) >= 11 is 0. The molecule has 0 unspecified atom stereocenters. The van der Waals surface area contributed by atoms with Crippen LogP contribution in [-0.4, -0.2) is 43.0 Å². The van der Waals surface area contributed by atoms with E-state index in [-0.39, 0.29) is 0 Å². The van der Waals surface area contributed by atoms with Crippen molar-refractivity contribution in [2.24, 2.45) is 4.99 Å². The number of aliphatic imine (C=N–C) groups is 1. The molecule has 0 spiro atoms. The molecule has 0 aromatic heterocycles. The molecule has 16 heavy (non-hydrogen) atoms. The van der Waals surface area contributed by atoms with Gasteiger partial charge >= 0.3 is 0 Å². The summed E-state index contributed by atoms with van der Waals surface area (Å²) in [6.45, 7) is 6.88. The number of amidine groups is 1. The molecule has 3 heteroatoms. The van der Waals surface area contributed by atoms with Crippen LogP contribution in [0.25, 0.3) is 0 Å². The monoisotopic (exact) mass is 223 g/mol. The first-order valence-electron chi connectivity index (χ1n) is 6.91. The Hall–Kier alpha value is -0.570. The van der Waals surface area contributed by atoms with Crippen molar-refractivity contribution in [2.75, 3.05) is 26.2 Å². The SMILES string of the molecule is CCN1CCC[C@@H]1CNC1=NCCCCC1. The predicted octanol–water partition coefficient (Wildman–Crippen LogP) is 2.03. The molecule has 0 radical (unpaired) electrons. The standard InChI is InChI=1S/C13H25N3/c1-2-16-10-6-7-12(16)11-15-13-8-4-3-5-9-14-13/h12H,2-11H2,1H3,(H,14,15)/t12-/m1/s1. The number of nitrogens with one attached hydrogen (secondary N) is 1. The number of rotatable bonds is 3. The van der Waals surface area contributed by atoms with E-state index < -0.39 is 0 Å². The van der Waals surface area contributed by atoms with Crippen molar-refractivity contribution in [2.45, 2.75) is 51.5 Å². The highest BCUT2D eigenvalue weighted by atomic mass is 15.2. The van der Waals surface area contributed by atoms with E-state index >= 15 is 0 Å². The second kappa shape index (κ2) is 6.24. The van der Waals surface area contributed by atoms with E-state index in [1.165, 1.54) is 57.5 Å². The molecule has 1 saturated heterocycles. The van der Waals surface area contributed by atoms with Gasteiger partial charge in [0.05, 0.1) is 5.84 Å². The summed E-state index contributed by atoms with van der Waals surface area (Å²) in [6.07, 6.45) is 7.82. The molecule has 92 valence electrons. The summed E-state index contributed by atoms with van der Waals surface area (Å²) in [5, 5.41) is 3.58. The molecule has 2 aliphatic rings. The van der Waals surface area contributed by atoms with Crippen molar-refractivity contribution in [3.8, 4) is 0 Å². The first-order chi connectivity index (χ1) is 7.90. The Labute approximate surface area is 99.3 Å². The second-order valence-corrected chi connectivity index (χ2v) is 4.94. The maximum Gasteiger partial charge on any atom is 0.0963 e. The Morgan fingerprint density at radius 2 is 2.25 bits per heavy atom. The zero-order valence-corrected chi connectivity index (χ0v) is 10.5. The van der Waals surface area contributed by atoms with Crippen LogP contribution in [-0.2, 0) is 0 Å². The Balaban J connectivity index is 1.75. The van der Waals surface area contributed by atoms with E-state index in [1.54, 1.807) is 0 Å². The van der Waals surface area contributed by atoms with Crippen LogP contribution >= 0.6 is 0 Å². The van der Waals surface area contributed by atoms with E-state index in [9.17, 15) is 0 Å². The molecule has 2 heterocycles. The van der Waals surface area contributed by atoms with Gasteiger partial charge < -0.3 is 5.32 Å². The Morgan fingerprint density at radius 1 is 1.31 bits per heavy atom. The van der Waals surface area contributed by atoms with Gasteiger partial charge in [-0.1, -0.05) is 13.3 Å². The highest BCUT2D eigenvalue weighted by Gasteiger charge is 2.22. The highest BCUT2D eigenvalue weighted by Crippen LogP contribution is 2.16. The number of likely N-dealkylation sites (tertiary alicyclic amines) is 1. The van der Waals surface area contributed by atoms with Crippen LogP contribution in [0, 0.1) is 0 Å². The van der Waals surface area contributed by atoms with Gasteiger partial charge in [-0.25, -0.2) is 0 Å². The minimum Gasteiger partial charge on any atom is -0.372 e. The van der Waals surface area contributed by atoms with Crippen molar-refractivity contribution in [3.63, 3.8) is 0 Å². The van der Waals surface area contributed by atoms with E-state index in [0.717, 1.165) is 19.1 Å². The molecule has 0 saturated carbocycles. The first kappa shape index (κ1) is 11.9. The van der Waals surface area contributed by atoms with Crippen LogP contribution in [0.2, 0.25) is 0 Å². The molecule has 2 aliphatic heterocycles. The third-order valence-corrected chi connectivity index (χ3v) is 3.82. The van der Waals surface area contributed by atoms with Gasteiger partial charge in [0.1, 0.15) is 0 Å². The fourth-order valence-electron chi connectivity index (χ4n) is 2.80. The average molecular weight is 223 g/mol. The summed E-state index contributed by atoms with van der Waals surface area (Å²) in [7, 11) is 0. The zero-order chi connectivity index (χ0) is 11.2. The molecule has 0 aromatic carbocycles. The normalized spacial score (nSPS) is 27.6. The van der Waals surface area contributed by atoms with Crippen LogP contribution < -0.4 is 5.32 Å². The molecule has 0 bridgehead atoms. The summed E-state index contributed by atoms with van der Waals surface area (Å²) in [6, 6.07) is 0.746. The lowest BCUT2D eigenvalue weighted by atomic mass is 10.2. The number of nitrogens with zero attached hydrogens (tertiary/aromatic N) is 2. The van der Waals surface area contributed by atoms with Gasteiger partial charge in [-0.2, -0.15) is 0 Å². The Morgan fingerprint density at radius 3 is 3.12 bits per heavy atom. The summed E-state index contributed by atoms with van der Waals surface area (Å²) < 4.78 is 0. The molecule has 0 amide bonds. The number of likely N-dealkylation sites (N-methyl/N-ethyl adjacent to an activating group) is 1. The van der Waals surface area contributed by atoms with E-state index in [2.05, 4.69) is 22.1 Å². The molecule has 3 nitrogen and oxygen atoms in total. The molecular formula is C13H25N3. The second-order valence-electron chi connectivity index (χ2n) is 4.94. The Kier molecular flexibility index (Phi) is 4.64. The van der Waals surface area contributed by atoms with Gasteiger partial charge in [0.2, 0.25) is 0 Å². The Bertz CT molecular complexity index is 237. The quantitative estimate of drug-likeness (QED) is 0.793. The van der Waals surface area contributed by atoms with E-state index in [1.807, 2.05) is 0 Å². The summed E-state index contributed by atoms with van der Waals surface area (Å²) in [5.74, 6) is 1.26. The van der Waals surface area contributed by atoms with Gasteiger partial charge in [0, 0.05) is 25.6 Å². The van der Waals surface area contributed by atoms with Crippen molar-refractivity contribution in [1.29, 1.82) is 0 Å². The van der Waals surface area contributed by atoms with Crippen LogP contribution in [0.5, 0.6) is 0 Å². The predicted molar refractivity (Wildman–Crippen MR) is 69.0 cm³/mol. The van der Waals surface area contributed by atoms with Crippen LogP contribution in [0.1, 0.15) is 45.4 Å². The molecular weight excluding hydrogens is 198 g/mol. The maximum atomic E-state index is 4.62.